The lowest BCUT2D eigenvalue weighted by Crippen LogP contribution is -2.38. The molecular formula is C19H25IN4O. The van der Waals surface area contributed by atoms with Gasteiger partial charge in [0.2, 0.25) is 0 Å². The summed E-state index contributed by atoms with van der Waals surface area (Å²) in [7, 11) is 5.42. The lowest BCUT2D eigenvalue weighted by atomic mass is 10.1. The molecule has 0 atom stereocenters. The molecule has 0 aliphatic rings. The van der Waals surface area contributed by atoms with Gasteiger partial charge in [0, 0.05) is 39.8 Å². The number of benzene rings is 2. The number of carbonyl (C=O) groups is 1. The zero-order chi connectivity index (χ0) is 17.4. The summed E-state index contributed by atoms with van der Waals surface area (Å²) in [5.41, 5.74) is 2.99. The fourth-order valence-corrected chi connectivity index (χ4v) is 2.42. The van der Waals surface area contributed by atoms with Gasteiger partial charge in [-0.3, -0.25) is 9.79 Å². The first-order chi connectivity index (χ1) is 11.6. The van der Waals surface area contributed by atoms with Gasteiger partial charge in [0.15, 0.2) is 5.96 Å². The number of aliphatic imine (C=N–C) groups is 1. The number of rotatable bonds is 5. The minimum Gasteiger partial charge on any atom is -0.355 e. The topological polar surface area (TPSA) is 56.7 Å². The Bertz CT molecular complexity index is 686. The number of hydrogen-bond acceptors (Lipinski definition) is 2. The first kappa shape index (κ1) is 21.0. The van der Waals surface area contributed by atoms with E-state index in [2.05, 4.69) is 32.7 Å². The number of nitrogens with zero attached hydrogens (tertiary/aromatic N) is 2. The van der Waals surface area contributed by atoms with Gasteiger partial charge >= 0.3 is 0 Å². The van der Waals surface area contributed by atoms with Gasteiger partial charge in [0.25, 0.3) is 5.91 Å². The average Bonchev–Trinajstić information content (AvgIpc) is 2.63. The number of carbonyl (C=O) groups excluding carboxylic acids is 1. The van der Waals surface area contributed by atoms with Crippen LogP contribution in [0.15, 0.2) is 59.6 Å². The van der Waals surface area contributed by atoms with Crippen LogP contribution in [0.3, 0.4) is 0 Å². The highest BCUT2D eigenvalue weighted by Gasteiger charge is 2.07. The second-order valence-corrected chi connectivity index (χ2v) is 5.52. The Morgan fingerprint density at radius 1 is 1.04 bits per heavy atom. The summed E-state index contributed by atoms with van der Waals surface area (Å²) in [5.74, 6) is 0.752. The lowest BCUT2D eigenvalue weighted by Gasteiger charge is -2.22. The maximum absolute atomic E-state index is 11.5. The standard InChI is InChI=1S/C19H24N4O.HI/c1-20-18(24)17-11-9-15(10-12-17)13-22-19(21-2)23(3)14-16-7-5-4-6-8-16;/h4-12H,13-14H2,1-3H3,(H,20,24)(H,21,22);1H. The van der Waals surface area contributed by atoms with Crippen LogP contribution in [-0.4, -0.2) is 37.9 Å². The molecule has 25 heavy (non-hydrogen) atoms. The van der Waals surface area contributed by atoms with Crippen molar-refractivity contribution in [3.63, 3.8) is 0 Å². The molecule has 0 unspecified atom stereocenters. The summed E-state index contributed by atoms with van der Waals surface area (Å²) in [4.78, 5) is 18.0. The maximum atomic E-state index is 11.5. The van der Waals surface area contributed by atoms with E-state index in [9.17, 15) is 4.79 Å². The molecule has 2 aromatic rings. The van der Waals surface area contributed by atoms with E-state index < -0.39 is 0 Å². The molecule has 6 heteroatoms. The van der Waals surface area contributed by atoms with Crippen LogP contribution in [0.1, 0.15) is 21.5 Å². The number of hydrogen-bond donors (Lipinski definition) is 2. The molecule has 0 spiro atoms. The molecular weight excluding hydrogens is 427 g/mol. The van der Waals surface area contributed by atoms with Crippen LogP contribution < -0.4 is 10.6 Å². The Hall–Kier alpha value is -2.09. The Morgan fingerprint density at radius 3 is 2.24 bits per heavy atom. The summed E-state index contributed by atoms with van der Waals surface area (Å²) in [6, 6.07) is 17.8. The van der Waals surface area contributed by atoms with Gasteiger partial charge in [-0.05, 0) is 23.3 Å². The van der Waals surface area contributed by atoms with Crippen LogP contribution in [-0.2, 0) is 13.1 Å². The fraction of sp³-hybridized carbons (Fsp3) is 0.263. The average molecular weight is 452 g/mol. The zero-order valence-corrected chi connectivity index (χ0v) is 17.2. The van der Waals surface area contributed by atoms with Gasteiger partial charge in [-0.2, -0.15) is 0 Å². The molecule has 0 aliphatic heterocycles. The number of halogens is 1. The van der Waals surface area contributed by atoms with Crippen molar-refractivity contribution >= 4 is 35.8 Å². The monoisotopic (exact) mass is 452 g/mol. The molecule has 2 N–H and O–H groups in total. The van der Waals surface area contributed by atoms with E-state index >= 15 is 0 Å². The van der Waals surface area contributed by atoms with E-state index in [0.29, 0.717) is 12.1 Å². The normalized spacial score (nSPS) is 10.6. The first-order valence-corrected chi connectivity index (χ1v) is 7.90. The minimum absolute atomic E-state index is 0. The summed E-state index contributed by atoms with van der Waals surface area (Å²) in [6.45, 7) is 1.44. The summed E-state index contributed by atoms with van der Waals surface area (Å²) in [6.07, 6.45) is 0. The highest BCUT2D eigenvalue weighted by Crippen LogP contribution is 2.06. The van der Waals surface area contributed by atoms with Crippen LogP contribution in [0.2, 0.25) is 0 Å². The number of amides is 1. The van der Waals surface area contributed by atoms with E-state index in [1.165, 1.54) is 5.56 Å². The third-order valence-electron chi connectivity index (χ3n) is 3.73. The molecule has 0 radical (unpaired) electrons. The van der Waals surface area contributed by atoms with Gasteiger partial charge in [-0.1, -0.05) is 42.5 Å². The van der Waals surface area contributed by atoms with E-state index in [-0.39, 0.29) is 29.9 Å². The Kier molecular flexibility index (Phi) is 8.98. The SMILES string of the molecule is CN=C(NCc1ccc(C(=O)NC)cc1)N(C)Cc1ccccc1.I. The van der Waals surface area contributed by atoms with Crippen LogP contribution in [0, 0.1) is 0 Å². The first-order valence-electron chi connectivity index (χ1n) is 7.90. The second-order valence-electron chi connectivity index (χ2n) is 5.52. The number of guanidine groups is 1. The van der Waals surface area contributed by atoms with Crippen LogP contribution >= 0.6 is 24.0 Å². The van der Waals surface area contributed by atoms with Crippen molar-refractivity contribution in [2.24, 2.45) is 4.99 Å². The van der Waals surface area contributed by atoms with E-state index in [1.54, 1.807) is 14.1 Å². The van der Waals surface area contributed by atoms with Crippen molar-refractivity contribution in [3.8, 4) is 0 Å². The molecule has 0 aliphatic carbocycles. The molecule has 2 rings (SSSR count). The Balaban J connectivity index is 0.00000312. The van der Waals surface area contributed by atoms with E-state index in [0.717, 1.165) is 18.1 Å². The predicted octanol–water partition coefficient (Wildman–Crippen LogP) is 2.87. The second kappa shape index (κ2) is 10.7. The van der Waals surface area contributed by atoms with Crippen molar-refractivity contribution in [1.82, 2.24) is 15.5 Å². The van der Waals surface area contributed by atoms with Gasteiger partial charge in [-0.25, -0.2) is 0 Å². The molecule has 0 fully saturated rings. The quantitative estimate of drug-likeness (QED) is 0.417. The highest BCUT2D eigenvalue weighted by molar-refractivity contribution is 14.0. The third kappa shape index (κ3) is 6.38. The fourth-order valence-electron chi connectivity index (χ4n) is 2.42. The predicted molar refractivity (Wildman–Crippen MR) is 113 cm³/mol. The molecule has 5 nitrogen and oxygen atoms in total. The van der Waals surface area contributed by atoms with Crippen molar-refractivity contribution in [2.45, 2.75) is 13.1 Å². The number of nitrogens with one attached hydrogen (secondary N) is 2. The molecule has 0 aromatic heterocycles. The van der Waals surface area contributed by atoms with Crippen LogP contribution in [0.25, 0.3) is 0 Å². The van der Waals surface area contributed by atoms with Crippen LogP contribution in [0.5, 0.6) is 0 Å². The van der Waals surface area contributed by atoms with Crippen LogP contribution in [0.4, 0.5) is 0 Å². The summed E-state index contributed by atoms with van der Waals surface area (Å²) >= 11 is 0. The van der Waals surface area contributed by atoms with E-state index in [4.69, 9.17) is 0 Å². The Labute approximate surface area is 166 Å². The van der Waals surface area contributed by atoms with Crippen molar-refractivity contribution in [2.75, 3.05) is 21.1 Å². The highest BCUT2D eigenvalue weighted by atomic mass is 127. The van der Waals surface area contributed by atoms with Gasteiger partial charge < -0.3 is 15.5 Å². The molecule has 2 aromatic carbocycles. The molecule has 0 bridgehead atoms. The van der Waals surface area contributed by atoms with Gasteiger partial charge in [-0.15, -0.1) is 24.0 Å². The molecule has 0 saturated carbocycles. The molecule has 0 saturated heterocycles. The lowest BCUT2D eigenvalue weighted by molar-refractivity contribution is 0.0963. The molecule has 134 valence electrons. The van der Waals surface area contributed by atoms with Crippen molar-refractivity contribution in [3.05, 3.63) is 71.3 Å². The van der Waals surface area contributed by atoms with Gasteiger partial charge in [0.05, 0.1) is 0 Å². The molecule has 0 heterocycles. The zero-order valence-electron chi connectivity index (χ0n) is 14.8. The molecule has 1 amide bonds. The largest absolute Gasteiger partial charge is 0.355 e. The minimum atomic E-state index is -0.0760. The van der Waals surface area contributed by atoms with Crippen molar-refractivity contribution in [1.29, 1.82) is 0 Å². The van der Waals surface area contributed by atoms with Crippen molar-refractivity contribution < 1.29 is 4.79 Å². The third-order valence-corrected chi connectivity index (χ3v) is 3.73. The smallest absolute Gasteiger partial charge is 0.251 e. The Morgan fingerprint density at radius 2 is 1.68 bits per heavy atom. The maximum Gasteiger partial charge on any atom is 0.251 e. The van der Waals surface area contributed by atoms with E-state index in [1.807, 2.05) is 49.5 Å². The van der Waals surface area contributed by atoms with Gasteiger partial charge in [0.1, 0.15) is 0 Å². The summed E-state index contributed by atoms with van der Waals surface area (Å²) in [5, 5.41) is 5.96. The summed E-state index contributed by atoms with van der Waals surface area (Å²) < 4.78 is 0.